The molecule has 2 aromatic heterocycles. The van der Waals surface area contributed by atoms with E-state index < -0.39 is 17.0 Å². The van der Waals surface area contributed by atoms with E-state index in [2.05, 4.69) is 25.8 Å². The van der Waals surface area contributed by atoms with Crippen LogP contribution in [-0.2, 0) is 22.6 Å². The number of nitrogens with zero attached hydrogens (tertiary/aromatic N) is 4. The molecule has 2 heterocycles. The van der Waals surface area contributed by atoms with Gasteiger partial charge in [0, 0.05) is 11.9 Å². The number of aryl methyl sites for hydroxylation is 1. The zero-order valence-electron chi connectivity index (χ0n) is 16.7. The molecule has 2 N–H and O–H groups in total. The lowest BCUT2D eigenvalue weighted by Gasteiger charge is -2.12. The number of amides is 2. The largest absolute Gasteiger partial charge is 0.323 e. The Kier molecular flexibility index (Phi) is 7.16. The zero-order valence-corrected chi connectivity index (χ0v) is 18.3. The number of halogens is 1. The van der Waals surface area contributed by atoms with Gasteiger partial charge in [0.15, 0.2) is 10.3 Å². The maximum atomic E-state index is 13.7. The maximum absolute atomic E-state index is 13.7. The third-order valence-corrected chi connectivity index (χ3v) is 6.03. The summed E-state index contributed by atoms with van der Waals surface area (Å²) in [5, 5.41) is 16.0. The van der Waals surface area contributed by atoms with Crippen LogP contribution in [0.2, 0.25) is 0 Å². The van der Waals surface area contributed by atoms with E-state index in [-0.39, 0.29) is 18.0 Å². The van der Waals surface area contributed by atoms with Crippen molar-refractivity contribution in [3.63, 3.8) is 0 Å². The standard InChI is InChI=1S/C19H21FN6O2S2/c1-4-26-15(9-16(27)22-14-8-6-5-7-13(14)20)24-25-19(26)30-12(3)17(28)23-18-21-11(2)10-29-18/h5-8,10,12H,4,9H2,1-3H3,(H,22,27)(H,21,23,28)/t12-/m0/s1. The number of anilines is 2. The number of hydrogen-bond donors (Lipinski definition) is 2. The summed E-state index contributed by atoms with van der Waals surface area (Å²) in [6.45, 7) is 6.05. The molecule has 0 unspecified atom stereocenters. The Morgan fingerprint density at radius 3 is 2.70 bits per heavy atom. The van der Waals surface area contributed by atoms with E-state index in [0.717, 1.165) is 5.69 Å². The molecule has 0 aliphatic rings. The third-order valence-electron chi connectivity index (χ3n) is 4.08. The first-order valence-corrected chi connectivity index (χ1v) is 11.0. The summed E-state index contributed by atoms with van der Waals surface area (Å²) < 4.78 is 15.5. The molecule has 0 radical (unpaired) electrons. The van der Waals surface area contributed by atoms with Gasteiger partial charge in [-0.2, -0.15) is 0 Å². The molecular formula is C19H21FN6O2S2. The lowest BCUT2D eigenvalue weighted by atomic mass is 10.3. The van der Waals surface area contributed by atoms with Crippen LogP contribution in [0.4, 0.5) is 15.2 Å². The summed E-state index contributed by atoms with van der Waals surface area (Å²) in [6, 6.07) is 5.96. The summed E-state index contributed by atoms with van der Waals surface area (Å²) in [7, 11) is 0. The van der Waals surface area contributed by atoms with Gasteiger partial charge in [-0.3, -0.25) is 9.59 Å². The molecular weight excluding hydrogens is 427 g/mol. The number of hydrogen-bond acceptors (Lipinski definition) is 7. The topological polar surface area (TPSA) is 102 Å². The van der Waals surface area contributed by atoms with Gasteiger partial charge >= 0.3 is 0 Å². The highest BCUT2D eigenvalue weighted by Gasteiger charge is 2.21. The van der Waals surface area contributed by atoms with Gasteiger partial charge in [0.05, 0.1) is 23.1 Å². The quantitative estimate of drug-likeness (QED) is 0.512. The van der Waals surface area contributed by atoms with Crippen LogP contribution in [0.25, 0.3) is 0 Å². The minimum atomic E-state index is -0.505. The second kappa shape index (κ2) is 9.81. The predicted octanol–water partition coefficient (Wildman–Crippen LogP) is 3.50. The van der Waals surface area contributed by atoms with E-state index in [4.69, 9.17) is 0 Å². The fourth-order valence-electron chi connectivity index (χ4n) is 2.59. The SMILES string of the molecule is CCn1c(CC(=O)Nc2ccccc2F)nnc1S[C@@H](C)C(=O)Nc1nc(C)cs1. The Labute approximate surface area is 181 Å². The Morgan fingerprint density at radius 1 is 1.27 bits per heavy atom. The number of carbonyl (C=O) groups is 2. The summed E-state index contributed by atoms with van der Waals surface area (Å²) >= 11 is 2.61. The predicted molar refractivity (Wildman–Crippen MR) is 115 cm³/mol. The highest BCUT2D eigenvalue weighted by molar-refractivity contribution is 8.00. The minimum absolute atomic E-state index is 0.0608. The molecule has 0 spiro atoms. The minimum Gasteiger partial charge on any atom is -0.323 e. The van der Waals surface area contributed by atoms with E-state index >= 15 is 0 Å². The lowest BCUT2D eigenvalue weighted by Crippen LogP contribution is -2.23. The first kappa shape index (κ1) is 21.9. The van der Waals surface area contributed by atoms with Crippen LogP contribution in [0.1, 0.15) is 25.4 Å². The normalized spacial score (nSPS) is 11.9. The number of nitrogens with one attached hydrogen (secondary N) is 2. The lowest BCUT2D eigenvalue weighted by molar-refractivity contribution is -0.116. The Balaban J connectivity index is 1.63. The molecule has 0 fully saturated rings. The van der Waals surface area contributed by atoms with E-state index in [1.807, 2.05) is 19.2 Å². The van der Waals surface area contributed by atoms with E-state index in [1.54, 1.807) is 23.6 Å². The fourth-order valence-corrected chi connectivity index (χ4v) is 4.21. The van der Waals surface area contributed by atoms with Gasteiger partial charge in [0.2, 0.25) is 11.8 Å². The summed E-state index contributed by atoms with van der Waals surface area (Å²) in [5.74, 6) is -0.658. The average molecular weight is 449 g/mol. The van der Waals surface area contributed by atoms with Gasteiger partial charge in [0.25, 0.3) is 0 Å². The van der Waals surface area contributed by atoms with Crippen molar-refractivity contribution in [3.8, 4) is 0 Å². The molecule has 0 aliphatic heterocycles. The second-order valence-corrected chi connectivity index (χ2v) is 8.56. The number of rotatable bonds is 8. The van der Waals surface area contributed by atoms with E-state index in [0.29, 0.717) is 22.7 Å². The molecule has 0 saturated carbocycles. The van der Waals surface area contributed by atoms with Crippen molar-refractivity contribution in [3.05, 3.63) is 47.0 Å². The molecule has 0 bridgehead atoms. The Bertz CT molecular complexity index is 1050. The van der Waals surface area contributed by atoms with Gasteiger partial charge < -0.3 is 15.2 Å². The van der Waals surface area contributed by atoms with Gasteiger partial charge in [-0.05, 0) is 32.9 Å². The van der Waals surface area contributed by atoms with Crippen molar-refractivity contribution in [2.75, 3.05) is 10.6 Å². The van der Waals surface area contributed by atoms with Gasteiger partial charge in [-0.1, -0.05) is 23.9 Å². The monoisotopic (exact) mass is 448 g/mol. The van der Waals surface area contributed by atoms with E-state index in [9.17, 15) is 14.0 Å². The van der Waals surface area contributed by atoms with Crippen LogP contribution in [-0.4, -0.2) is 36.8 Å². The van der Waals surface area contributed by atoms with Crippen molar-refractivity contribution in [2.45, 2.75) is 44.1 Å². The smallest absolute Gasteiger partial charge is 0.239 e. The second-order valence-electron chi connectivity index (χ2n) is 6.39. The molecule has 158 valence electrons. The van der Waals surface area contributed by atoms with Gasteiger partial charge in [-0.15, -0.1) is 21.5 Å². The number of aromatic nitrogens is 4. The molecule has 8 nitrogen and oxygen atoms in total. The maximum Gasteiger partial charge on any atom is 0.239 e. The number of thioether (sulfide) groups is 1. The number of carbonyl (C=O) groups excluding carboxylic acids is 2. The van der Waals surface area contributed by atoms with Gasteiger partial charge in [-0.25, -0.2) is 9.37 Å². The molecule has 3 rings (SSSR count). The Morgan fingerprint density at radius 2 is 2.03 bits per heavy atom. The summed E-state index contributed by atoms with van der Waals surface area (Å²) in [5.41, 5.74) is 0.960. The Hall–Kier alpha value is -2.79. The summed E-state index contributed by atoms with van der Waals surface area (Å²) in [4.78, 5) is 29.0. The molecule has 3 aromatic rings. The first-order chi connectivity index (χ1) is 14.4. The fraction of sp³-hybridized carbons (Fsp3) is 0.316. The van der Waals surface area contributed by atoms with Crippen LogP contribution in [0.5, 0.6) is 0 Å². The molecule has 30 heavy (non-hydrogen) atoms. The highest BCUT2D eigenvalue weighted by atomic mass is 32.2. The highest BCUT2D eigenvalue weighted by Crippen LogP contribution is 2.24. The van der Waals surface area contributed by atoms with Crippen molar-refractivity contribution in [2.24, 2.45) is 0 Å². The average Bonchev–Trinajstić information content (AvgIpc) is 3.28. The van der Waals surface area contributed by atoms with Crippen molar-refractivity contribution < 1.29 is 14.0 Å². The van der Waals surface area contributed by atoms with Crippen molar-refractivity contribution >= 4 is 45.7 Å². The van der Waals surface area contributed by atoms with Gasteiger partial charge in [0.1, 0.15) is 11.6 Å². The van der Waals surface area contributed by atoms with Crippen LogP contribution >= 0.6 is 23.1 Å². The zero-order chi connectivity index (χ0) is 21.7. The van der Waals surface area contributed by atoms with E-state index in [1.165, 1.54) is 35.2 Å². The molecule has 0 aliphatic carbocycles. The van der Waals surface area contributed by atoms with Crippen LogP contribution in [0.15, 0.2) is 34.8 Å². The third kappa shape index (κ3) is 5.42. The number of benzene rings is 1. The molecule has 11 heteroatoms. The molecule has 1 atom stereocenters. The molecule has 0 saturated heterocycles. The van der Waals surface area contributed by atoms with Crippen molar-refractivity contribution in [1.82, 2.24) is 19.7 Å². The van der Waals surface area contributed by atoms with Crippen LogP contribution < -0.4 is 10.6 Å². The number of para-hydroxylation sites is 1. The van der Waals surface area contributed by atoms with Crippen molar-refractivity contribution in [1.29, 1.82) is 0 Å². The molecule has 2 amide bonds. The van der Waals surface area contributed by atoms with Crippen LogP contribution in [0.3, 0.4) is 0 Å². The molecule has 1 aromatic carbocycles. The first-order valence-electron chi connectivity index (χ1n) is 9.23. The van der Waals surface area contributed by atoms with Crippen LogP contribution in [0, 0.1) is 12.7 Å². The number of thiazole rings is 1. The summed E-state index contributed by atoms with van der Waals surface area (Å²) in [6.07, 6.45) is -0.0608.